The molecule has 2 aromatic rings. The fourth-order valence-electron chi connectivity index (χ4n) is 3.72. The van der Waals surface area contributed by atoms with Crippen LogP contribution in [-0.2, 0) is 35.0 Å². The SMILES string of the molecule is COP(=O)(/C=C(\C(=O)N[C@@H]1C(=O)N2C(C(=O)O)=C(CSc3nccc[n+]3C)CS[C@H]12)c1csc(N)n1)OC. The summed E-state index contributed by atoms with van der Waals surface area (Å²) in [5, 5.41) is 14.3. The van der Waals surface area contributed by atoms with E-state index in [9.17, 15) is 24.1 Å². The molecule has 2 atom stereocenters. The molecule has 1 saturated heterocycles. The van der Waals surface area contributed by atoms with Gasteiger partial charge in [-0.1, -0.05) is 0 Å². The molecule has 1 fully saturated rings. The molecule has 0 aromatic carbocycles. The van der Waals surface area contributed by atoms with Gasteiger partial charge in [0.2, 0.25) is 0 Å². The van der Waals surface area contributed by atoms with Gasteiger partial charge in [-0.25, -0.2) is 14.3 Å². The standard InChI is InChI=1S/C21H23N6O7PS3/c1-26-6-4-5-23-21(26)38-9-11-8-36-18-14(17(29)27(18)15(11)19(30)31)25-16(28)12(7-35(32,33-2)34-3)13-10-37-20(22)24-13/h4-7,10,14,18H,8-9H2,1-3H3,(H3-,22,24,25,28,30,31)/p+1/b12-7-/t14-,18-/m1/s1. The molecule has 0 radical (unpaired) electrons. The lowest BCUT2D eigenvalue weighted by Crippen LogP contribution is -2.70. The number of nitrogens with one attached hydrogen (secondary N) is 1. The van der Waals surface area contributed by atoms with E-state index in [-0.39, 0.29) is 22.1 Å². The Balaban J connectivity index is 1.55. The number of hydrogen-bond donors (Lipinski definition) is 3. The quantitative estimate of drug-likeness (QED) is 0.0892. The highest BCUT2D eigenvalue weighted by Gasteiger charge is 2.54. The summed E-state index contributed by atoms with van der Waals surface area (Å²) in [6.07, 6.45) is 3.48. The van der Waals surface area contributed by atoms with E-state index >= 15 is 0 Å². The van der Waals surface area contributed by atoms with E-state index in [1.54, 1.807) is 12.3 Å². The zero-order valence-electron chi connectivity index (χ0n) is 20.4. The topological polar surface area (TPSA) is 178 Å². The van der Waals surface area contributed by atoms with Crippen LogP contribution in [0.5, 0.6) is 0 Å². The Bertz CT molecular complexity index is 1390. The van der Waals surface area contributed by atoms with Crippen molar-refractivity contribution in [1.82, 2.24) is 20.2 Å². The molecule has 13 nitrogen and oxygen atoms in total. The molecule has 0 aliphatic carbocycles. The van der Waals surface area contributed by atoms with Gasteiger partial charge < -0.3 is 25.2 Å². The van der Waals surface area contributed by atoms with Crippen LogP contribution >= 0.6 is 42.5 Å². The number of thioether (sulfide) groups is 2. The number of fused-ring (bicyclic) bond motifs is 1. The minimum absolute atomic E-state index is 0.0957. The van der Waals surface area contributed by atoms with Crippen molar-refractivity contribution >= 4 is 70.9 Å². The minimum atomic E-state index is -3.79. The number of amides is 2. The summed E-state index contributed by atoms with van der Waals surface area (Å²) >= 11 is 3.78. The molecule has 4 rings (SSSR count). The van der Waals surface area contributed by atoms with Gasteiger partial charge in [0.15, 0.2) is 5.13 Å². The number of anilines is 1. The molecule has 4 heterocycles. The van der Waals surface area contributed by atoms with Gasteiger partial charge in [0, 0.05) is 43.0 Å². The molecule has 2 aliphatic rings. The number of carboxylic acid groups (broad SMARTS) is 1. The van der Waals surface area contributed by atoms with Gasteiger partial charge in [0.25, 0.3) is 11.8 Å². The summed E-state index contributed by atoms with van der Waals surface area (Å²) in [5.74, 6) is -0.866. The zero-order valence-corrected chi connectivity index (χ0v) is 23.7. The van der Waals surface area contributed by atoms with Gasteiger partial charge in [-0.05, 0) is 22.3 Å². The van der Waals surface area contributed by atoms with E-state index < -0.39 is 36.8 Å². The number of aliphatic carboxylic acids is 1. The third-order valence-corrected chi connectivity index (χ3v) is 10.4. The van der Waals surface area contributed by atoms with Crippen LogP contribution < -0.4 is 15.6 Å². The molecule has 0 spiro atoms. The summed E-state index contributed by atoms with van der Waals surface area (Å²) in [4.78, 5) is 48.1. The summed E-state index contributed by atoms with van der Waals surface area (Å²) in [6.45, 7) is 0. The molecule has 2 aliphatic heterocycles. The van der Waals surface area contributed by atoms with Crippen molar-refractivity contribution in [3.05, 3.63) is 46.6 Å². The largest absolute Gasteiger partial charge is 0.477 e. The second-order valence-corrected chi connectivity index (χ2v) is 12.9. The maximum atomic E-state index is 13.2. The van der Waals surface area contributed by atoms with E-state index in [0.29, 0.717) is 22.2 Å². The predicted octanol–water partition coefficient (Wildman–Crippen LogP) is 1.30. The molecule has 0 saturated carbocycles. The van der Waals surface area contributed by atoms with E-state index in [1.165, 1.54) is 48.0 Å². The van der Waals surface area contributed by atoms with Gasteiger partial charge in [-0.3, -0.25) is 19.1 Å². The lowest BCUT2D eigenvalue weighted by Gasteiger charge is -2.49. The number of aromatic nitrogens is 3. The fourth-order valence-corrected chi connectivity index (χ4v) is 7.63. The van der Waals surface area contributed by atoms with E-state index in [1.807, 2.05) is 17.8 Å². The minimum Gasteiger partial charge on any atom is -0.477 e. The normalized spacial score (nSPS) is 19.7. The van der Waals surface area contributed by atoms with Gasteiger partial charge in [-0.2, -0.15) is 0 Å². The molecule has 2 amide bonds. The number of hydrogen-bond acceptors (Lipinski definition) is 12. The van der Waals surface area contributed by atoms with Crippen molar-refractivity contribution in [3.63, 3.8) is 0 Å². The summed E-state index contributed by atoms with van der Waals surface area (Å²) in [5.41, 5.74) is 6.17. The van der Waals surface area contributed by atoms with E-state index in [2.05, 4.69) is 15.3 Å². The smallest absolute Gasteiger partial charge is 0.359 e. The lowest BCUT2D eigenvalue weighted by atomic mass is 10.0. The molecule has 4 N–H and O–H groups in total. The molecule has 17 heteroatoms. The van der Waals surface area contributed by atoms with Crippen LogP contribution in [0.15, 0.2) is 46.1 Å². The average molecular weight is 600 g/mol. The van der Waals surface area contributed by atoms with Crippen LogP contribution in [-0.4, -0.2) is 74.9 Å². The number of nitrogen functional groups attached to an aromatic ring is 1. The van der Waals surface area contributed by atoms with E-state index in [0.717, 1.165) is 17.2 Å². The Morgan fingerprint density at radius 1 is 1.42 bits per heavy atom. The number of β-lactam (4-membered cyclic amide) rings is 1. The Morgan fingerprint density at radius 2 is 2.16 bits per heavy atom. The Kier molecular flexibility index (Phi) is 8.59. The molecule has 2 aromatic heterocycles. The number of carboxylic acids is 1. The first-order valence-corrected chi connectivity index (χ1v) is 15.4. The van der Waals surface area contributed by atoms with Crippen LogP contribution in [0.1, 0.15) is 5.69 Å². The monoisotopic (exact) mass is 599 g/mol. The Labute approximate surface area is 230 Å². The molecule has 38 heavy (non-hydrogen) atoms. The van der Waals surface area contributed by atoms with Gasteiger partial charge in [-0.15, -0.1) is 23.1 Å². The lowest BCUT2D eigenvalue weighted by molar-refractivity contribution is -0.713. The number of carbonyl (C=O) groups excluding carboxylic acids is 2. The number of carbonyl (C=O) groups is 3. The molecular formula is C21H24N6O7PS3+. The van der Waals surface area contributed by atoms with Crippen LogP contribution in [0.3, 0.4) is 0 Å². The summed E-state index contributed by atoms with van der Waals surface area (Å²) in [7, 11) is 0.382. The van der Waals surface area contributed by atoms with Crippen molar-refractivity contribution in [2.75, 3.05) is 31.5 Å². The molecule has 0 unspecified atom stereocenters. The van der Waals surface area contributed by atoms with Crippen LogP contribution in [0.2, 0.25) is 0 Å². The highest BCUT2D eigenvalue weighted by Crippen LogP contribution is 2.50. The van der Waals surface area contributed by atoms with Gasteiger partial charge >= 0.3 is 18.7 Å². The number of nitrogens with two attached hydrogens (primary N) is 1. The molecular weight excluding hydrogens is 575 g/mol. The Hall–Kier alpha value is -2.75. The van der Waals surface area contributed by atoms with Crippen molar-refractivity contribution < 1.29 is 37.7 Å². The third kappa shape index (κ3) is 5.65. The van der Waals surface area contributed by atoms with Crippen molar-refractivity contribution in [3.8, 4) is 0 Å². The first-order valence-electron chi connectivity index (χ1n) is 10.9. The summed E-state index contributed by atoms with van der Waals surface area (Å²) < 4.78 is 24.4. The second-order valence-electron chi connectivity index (χ2n) is 7.94. The van der Waals surface area contributed by atoms with Crippen LogP contribution in [0.25, 0.3) is 5.57 Å². The fraction of sp³-hybridized carbons (Fsp3) is 0.333. The zero-order chi connectivity index (χ0) is 27.6. The first-order chi connectivity index (χ1) is 18.1. The maximum Gasteiger partial charge on any atom is 0.359 e. The Morgan fingerprint density at radius 3 is 2.76 bits per heavy atom. The third-order valence-electron chi connectivity index (χ3n) is 5.63. The highest BCUT2D eigenvalue weighted by molar-refractivity contribution is 8.01. The molecule has 0 bridgehead atoms. The molecule has 202 valence electrons. The van der Waals surface area contributed by atoms with Crippen molar-refractivity contribution in [1.29, 1.82) is 0 Å². The first kappa shape index (κ1) is 28.3. The highest BCUT2D eigenvalue weighted by atomic mass is 32.2. The van der Waals surface area contributed by atoms with Gasteiger partial charge in [0.1, 0.15) is 23.3 Å². The van der Waals surface area contributed by atoms with Crippen LogP contribution in [0, 0.1) is 0 Å². The summed E-state index contributed by atoms with van der Waals surface area (Å²) in [6, 6.07) is 0.779. The van der Waals surface area contributed by atoms with Gasteiger partial charge in [0.05, 0.1) is 24.5 Å². The van der Waals surface area contributed by atoms with Crippen molar-refractivity contribution in [2.45, 2.75) is 16.6 Å². The number of rotatable bonds is 10. The number of nitrogens with zero attached hydrogens (tertiary/aromatic N) is 4. The average Bonchev–Trinajstić information content (AvgIpc) is 3.34. The predicted molar refractivity (Wildman–Crippen MR) is 142 cm³/mol. The van der Waals surface area contributed by atoms with Crippen molar-refractivity contribution in [2.24, 2.45) is 7.05 Å². The maximum absolute atomic E-state index is 13.2. The number of aryl methyl sites for hydroxylation is 1. The number of thiazole rings is 1. The van der Waals surface area contributed by atoms with Crippen LogP contribution in [0.4, 0.5) is 5.13 Å². The van der Waals surface area contributed by atoms with E-state index in [4.69, 9.17) is 14.8 Å². The second kappa shape index (κ2) is 11.6.